The van der Waals surface area contributed by atoms with Crippen molar-refractivity contribution in [2.24, 2.45) is 0 Å². The van der Waals surface area contributed by atoms with Gasteiger partial charge in [0, 0.05) is 24.7 Å². The minimum Gasteiger partial charge on any atom is -0.360 e. The molecule has 0 unspecified atom stereocenters. The standard InChI is InChI=1S/C26H30N4O3/c1-20-18-24(28-33-20)27-25(31)19-30(17-16-29-14-6-3-7-15-29)26(32)23-12-10-22(11-13-23)21-8-4-2-5-9-21/h2,4-5,8-13,18H,3,6-7,14-17,19H2,1H3,(H,27,28,31). The number of nitrogens with zero attached hydrogens (tertiary/aromatic N) is 3. The molecule has 1 N–H and O–H groups in total. The number of rotatable bonds is 8. The summed E-state index contributed by atoms with van der Waals surface area (Å²) in [5.41, 5.74) is 2.71. The van der Waals surface area contributed by atoms with Gasteiger partial charge in [0.25, 0.3) is 5.91 Å². The molecule has 3 aromatic rings. The molecule has 0 atom stereocenters. The summed E-state index contributed by atoms with van der Waals surface area (Å²) in [6.45, 7) is 5.04. The van der Waals surface area contributed by atoms with Gasteiger partial charge in [-0.1, -0.05) is 54.0 Å². The third-order valence-corrected chi connectivity index (χ3v) is 5.89. The maximum atomic E-state index is 13.4. The van der Waals surface area contributed by atoms with E-state index in [-0.39, 0.29) is 18.4 Å². The number of anilines is 1. The molecule has 0 bridgehead atoms. The molecule has 1 aromatic heterocycles. The summed E-state index contributed by atoms with van der Waals surface area (Å²) >= 11 is 0. The molecule has 2 amide bonds. The van der Waals surface area contributed by atoms with Gasteiger partial charge in [-0.05, 0) is 56.1 Å². The van der Waals surface area contributed by atoms with Crippen LogP contribution < -0.4 is 5.32 Å². The molecule has 7 heteroatoms. The van der Waals surface area contributed by atoms with Gasteiger partial charge in [-0.2, -0.15) is 0 Å². The van der Waals surface area contributed by atoms with E-state index in [2.05, 4.69) is 15.4 Å². The normalized spacial score (nSPS) is 14.1. The van der Waals surface area contributed by atoms with Crippen LogP contribution in [0.25, 0.3) is 11.1 Å². The van der Waals surface area contributed by atoms with E-state index < -0.39 is 0 Å². The molecule has 33 heavy (non-hydrogen) atoms. The Morgan fingerprint density at radius 3 is 2.36 bits per heavy atom. The van der Waals surface area contributed by atoms with Gasteiger partial charge in [-0.3, -0.25) is 9.59 Å². The Hall–Kier alpha value is -3.45. The minimum absolute atomic E-state index is 0.0426. The lowest BCUT2D eigenvalue weighted by molar-refractivity contribution is -0.117. The maximum absolute atomic E-state index is 13.4. The van der Waals surface area contributed by atoms with Gasteiger partial charge in [-0.25, -0.2) is 0 Å². The molecule has 1 fully saturated rings. The van der Waals surface area contributed by atoms with Crippen LogP contribution in [0.2, 0.25) is 0 Å². The van der Waals surface area contributed by atoms with Gasteiger partial charge in [0.15, 0.2) is 5.82 Å². The highest BCUT2D eigenvalue weighted by Gasteiger charge is 2.21. The molecule has 1 saturated heterocycles. The monoisotopic (exact) mass is 446 g/mol. The largest absolute Gasteiger partial charge is 0.360 e. The first-order valence-corrected chi connectivity index (χ1v) is 11.5. The summed E-state index contributed by atoms with van der Waals surface area (Å²) in [5, 5.41) is 6.52. The van der Waals surface area contributed by atoms with Crippen LogP contribution in [0.3, 0.4) is 0 Å². The number of piperidine rings is 1. The summed E-state index contributed by atoms with van der Waals surface area (Å²) in [5.74, 6) is 0.518. The average Bonchev–Trinajstić information content (AvgIpc) is 3.26. The number of amides is 2. The van der Waals surface area contributed by atoms with Crippen molar-refractivity contribution in [2.75, 3.05) is 38.0 Å². The van der Waals surface area contributed by atoms with Crippen LogP contribution in [-0.2, 0) is 4.79 Å². The summed E-state index contributed by atoms with van der Waals surface area (Å²) in [6, 6.07) is 19.3. The van der Waals surface area contributed by atoms with Crippen LogP contribution in [0.1, 0.15) is 35.4 Å². The predicted octanol–water partition coefficient (Wildman–Crippen LogP) is 4.22. The highest BCUT2D eigenvalue weighted by atomic mass is 16.5. The highest BCUT2D eigenvalue weighted by Crippen LogP contribution is 2.20. The molecular weight excluding hydrogens is 416 g/mol. The molecule has 2 heterocycles. The van der Waals surface area contributed by atoms with Gasteiger partial charge in [0.2, 0.25) is 5.91 Å². The van der Waals surface area contributed by atoms with Gasteiger partial charge in [0.1, 0.15) is 12.3 Å². The number of nitrogens with one attached hydrogen (secondary N) is 1. The first kappa shape index (κ1) is 22.7. The molecule has 2 aromatic carbocycles. The van der Waals surface area contributed by atoms with Gasteiger partial charge >= 0.3 is 0 Å². The second kappa shape index (κ2) is 10.9. The number of likely N-dealkylation sites (tertiary alicyclic amines) is 1. The quantitative estimate of drug-likeness (QED) is 0.561. The fraction of sp³-hybridized carbons (Fsp3) is 0.346. The van der Waals surface area contributed by atoms with E-state index >= 15 is 0 Å². The third-order valence-electron chi connectivity index (χ3n) is 5.89. The molecule has 0 saturated carbocycles. The van der Waals surface area contributed by atoms with Crippen molar-refractivity contribution in [3.8, 4) is 11.1 Å². The Balaban J connectivity index is 1.45. The summed E-state index contributed by atoms with van der Waals surface area (Å²) in [6.07, 6.45) is 3.62. The first-order valence-electron chi connectivity index (χ1n) is 11.5. The molecule has 0 radical (unpaired) electrons. The van der Waals surface area contributed by atoms with Crippen LogP contribution in [0.5, 0.6) is 0 Å². The van der Waals surface area contributed by atoms with Gasteiger partial charge < -0.3 is 19.6 Å². The lowest BCUT2D eigenvalue weighted by Crippen LogP contribution is -2.43. The lowest BCUT2D eigenvalue weighted by Gasteiger charge is -2.30. The Morgan fingerprint density at radius 1 is 1.00 bits per heavy atom. The second-order valence-corrected chi connectivity index (χ2v) is 8.44. The average molecular weight is 447 g/mol. The lowest BCUT2D eigenvalue weighted by atomic mass is 10.0. The van der Waals surface area contributed by atoms with Crippen molar-refractivity contribution in [3.05, 3.63) is 72.0 Å². The number of carbonyl (C=O) groups is 2. The van der Waals surface area contributed by atoms with Crippen LogP contribution in [0.15, 0.2) is 65.2 Å². The van der Waals surface area contributed by atoms with E-state index in [9.17, 15) is 9.59 Å². The summed E-state index contributed by atoms with van der Waals surface area (Å²) < 4.78 is 5.01. The second-order valence-electron chi connectivity index (χ2n) is 8.44. The molecular formula is C26H30N4O3. The van der Waals surface area contributed by atoms with Gasteiger partial charge in [0.05, 0.1) is 0 Å². The zero-order valence-corrected chi connectivity index (χ0v) is 19.0. The highest BCUT2D eigenvalue weighted by molar-refractivity contribution is 5.99. The van der Waals surface area contributed by atoms with E-state index in [0.29, 0.717) is 23.7 Å². The molecule has 1 aliphatic rings. The molecule has 172 valence electrons. The molecule has 4 rings (SSSR count). The Morgan fingerprint density at radius 2 is 1.70 bits per heavy atom. The van der Waals surface area contributed by atoms with E-state index in [1.54, 1.807) is 17.9 Å². The molecule has 0 aliphatic carbocycles. The fourth-order valence-electron chi connectivity index (χ4n) is 4.10. The van der Waals surface area contributed by atoms with Crippen LogP contribution in [0.4, 0.5) is 5.82 Å². The van der Waals surface area contributed by atoms with Crippen LogP contribution in [-0.4, -0.2) is 59.5 Å². The molecule has 1 aliphatic heterocycles. The number of benzene rings is 2. The van der Waals surface area contributed by atoms with E-state index in [1.165, 1.54) is 19.3 Å². The Bertz CT molecular complexity index is 1060. The number of aryl methyl sites for hydroxylation is 1. The summed E-state index contributed by atoms with van der Waals surface area (Å²) in [7, 11) is 0. The SMILES string of the molecule is Cc1cc(NC(=O)CN(CCN2CCCCC2)C(=O)c2ccc(-c3ccccc3)cc2)no1. The smallest absolute Gasteiger partial charge is 0.254 e. The van der Waals surface area contributed by atoms with Crippen LogP contribution in [0, 0.1) is 6.92 Å². The van der Waals surface area contributed by atoms with E-state index in [0.717, 1.165) is 30.8 Å². The number of hydrogen-bond acceptors (Lipinski definition) is 5. The van der Waals surface area contributed by atoms with Crippen molar-refractivity contribution in [1.82, 2.24) is 15.0 Å². The van der Waals surface area contributed by atoms with Crippen molar-refractivity contribution in [1.29, 1.82) is 0 Å². The minimum atomic E-state index is -0.295. The Labute approximate surface area is 194 Å². The van der Waals surface area contributed by atoms with Gasteiger partial charge in [-0.15, -0.1) is 0 Å². The van der Waals surface area contributed by atoms with E-state index in [1.807, 2.05) is 54.6 Å². The first-order chi connectivity index (χ1) is 16.1. The maximum Gasteiger partial charge on any atom is 0.254 e. The number of carbonyl (C=O) groups excluding carboxylic acids is 2. The van der Waals surface area contributed by atoms with Crippen molar-refractivity contribution in [2.45, 2.75) is 26.2 Å². The number of aromatic nitrogens is 1. The van der Waals surface area contributed by atoms with Crippen molar-refractivity contribution in [3.63, 3.8) is 0 Å². The topological polar surface area (TPSA) is 78.7 Å². The van der Waals surface area contributed by atoms with Crippen molar-refractivity contribution >= 4 is 17.6 Å². The number of hydrogen-bond donors (Lipinski definition) is 1. The van der Waals surface area contributed by atoms with E-state index in [4.69, 9.17) is 4.52 Å². The zero-order valence-electron chi connectivity index (χ0n) is 19.0. The van der Waals surface area contributed by atoms with Crippen LogP contribution >= 0.6 is 0 Å². The predicted molar refractivity (Wildman–Crippen MR) is 128 cm³/mol. The molecule has 0 spiro atoms. The fourth-order valence-corrected chi connectivity index (χ4v) is 4.10. The van der Waals surface area contributed by atoms with Crippen molar-refractivity contribution < 1.29 is 14.1 Å². The Kier molecular flexibility index (Phi) is 7.52. The third kappa shape index (κ3) is 6.29. The summed E-state index contributed by atoms with van der Waals surface area (Å²) in [4.78, 5) is 30.0. The zero-order chi connectivity index (χ0) is 23.0. The molecule has 7 nitrogen and oxygen atoms in total.